The van der Waals surface area contributed by atoms with E-state index < -0.39 is 0 Å². The lowest BCUT2D eigenvalue weighted by molar-refractivity contribution is 0.516. The first-order chi connectivity index (χ1) is 16.6. The molecular weight excluding hydrogens is 425 g/mol. The Hall–Kier alpha value is -3.28. The molecule has 6 heteroatoms. The van der Waals surface area contributed by atoms with Crippen molar-refractivity contribution in [1.82, 2.24) is 20.2 Å². The minimum absolute atomic E-state index is 0.0559. The Morgan fingerprint density at radius 2 is 2.00 bits per heavy atom. The molecule has 174 valence electrons. The lowest BCUT2D eigenvalue weighted by Gasteiger charge is -2.26. The fourth-order valence-electron chi connectivity index (χ4n) is 6.53. The van der Waals surface area contributed by atoms with Crippen molar-refractivity contribution in [3.63, 3.8) is 0 Å². The van der Waals surface area contributed by atoms with Crippen LogP contribution in [-0.4, -0.2) is 33.3 Å². The largest absolute Gasteiger partial charge is 0.355 e. The van der Waals surface area contributed by atoms with Crippen LogP contribution in [-0.2, 0) is 11.8 Å². The topological polar surface area (TPSA) is 57.7 Å². The van der Waals surface area contributed by atoms with E-state index in [9.17, 15) is 4.39 Å². The fourth-order valence-corrected chi connectivity index (χ4v) is 6.53. The van der Waals surface area contributed by atoms with Crippen LogP contribution in [0.5, 0.6) is 0 Å². The Kier molecular flexibility index (Phi) is 4.94. The number of halogens is 1. The van der Waals surface area contributed by atoms with Crippen LogP contribution in [0.1, 0.15) is 43.4 Å². The van der Waals surface area contributed by atoms with Gasteiger partial charge in [0, 0.05) is 24.1 Å². The number of rotatable bonds is 5. The van der Waals surface area contributed by atoms with E-state index in [1.54, 1.807) is 12.1 Å². The average Bonchev–Trinajstić information content (AvgIpc) is 3.32. The van der Waals surface area contributed by atoms with E-state index in [4.69, 9.17) is 9.97 Å². The molecule has 0 radical (unpaired) electrons. The number of piperidine rings is 1. The summed E-state index contributed by atoms with van der Waals surface area (Å²) in [5, 5.41) is 7.64. The normalized spacial score (nSPS) is 23.8. The van der Waals surface area contributed by atoms with E-state index in [1.165, 1.54) is 11.1 Å². The van der Waals surface area contributed by atoms with Crippen LogP contribution in [0.25, 0.3) is 22.4 Å². The number of fused-ring (bicyclic) bond motifs is 2. The highest BCUT2D eigenvalue weighted by Crippen LogP contribution is 2.65. The minimum atomic E-state index is -0.0715. The molecule has 1 saturated carbocycles. The van der Waals surface area contributed by atoms with Gasteiger partial charge in [0.1, 0.15) is 17.2 Å². The third-order valence-electron chi connectivity index (χ3n) is 8.38. The molecular formula is C28H30FN5. The third kappa shape index (κ3) is 3.07. The first-order valence-electron chi connectivity index (χ1n) is 12.4. The van der Waals surface area contributed by atoms with Gasteiger partial charge in [0.15, 0.2) is 0 Å². The molecule has 2 aromatic carbocycles. The van der Waals surface area contributed by atoms with Gasteiger partial charge in [-0.3, -0.25) is 5.10 Å². The van der Waals surface area contributed by atoms with Gasteiger partial charge in [0.2, 0.25) is 5.65 Å². The zero-order valence-electron chi connectivity index (χ0n) is 20.0. The molecule has 0 bridgehead atoms. The fraction of sp³-hybridized carbons (Fsp3) is 0.393. The van der Waals surface area contributed by atoms with Gasteiger partial charge in [0.05, 0.1) is 11.9 Å². The molecule has 2 fully saturated rings. The van der Waals surface area contributed by atoms with Crippen LogP contribution in [0.4, 0.5) is 10.2 Å². The zero-order valence-corrected chi connectivity index (χ0v) is 20.0. The molecule has 2 aromatic heterocycles. The molecule has 1 N–H and O–H groups in total. The van der Waals surface area contributed by atoms with Crippen LogP contribution < -0.4 is 4.90 Å². The summed E-state index contributed by atoms with van der Waals surface area (Å²) in [6, 6.07) is 13.8. The first-order valence-corrected chi connectivity index (χ1v) is 12.4. The smallest absolute Gasteiger partial charge is 0.202 e. The van der Waals surface area contributed by atoms with Gasteiger partial charge < -0.3 is 4.90 Å². The van der Waals surface area contributed by atoms with Gasteiger partial charge in [0.25, 0.3) is 0 Å². The van der Waals surface area contributed by atoms with Crippen LogP contribution in [0.15, 0.2) is 48.7 Å². The molecule has 1 saturated heterocycles. The molecule has 34 heavy (non-hydrogen) atoms. The predicted octanol–water partition coefficient (Wildman–Crippen LogP) is 5.83. The summed E-state index contributed by atoms with van der Waals surface area (Å²) >= 11 is 0. The van der Waals surface area contributed by atoms with Crippen molar-refractivity contribution in [2.24, 2.45) is 11.8 Å². The lowest BCUT2D eigenvalue weighted by atomic mass is 9.88. The number of anilines is 1. The number of aromatic nitrogens is 4. The number of aryl methyl sites for hydroxylation is 2. The third-order valence-corrected chi connectivity index (χ3v) is 8.38. The first kappa shape index (κ1) is 21.3. The van der Waals surface area contributed by atoms with E-state index in [-0.39, 0.29) is 11.2 Å². The summed E-state index contributed by atoms with van der Waals surface area (Å²) in [6.07, 6.45) is 4.89. The number of hydrogen-bond donors (Lipinski definition) is 1. The average molecular weight is 456 g/mol. The molecule has 6 rings (SSSR count). The van der Waals surface area contributed by atoms with Crippen molar-refractivity contribution < 1.29 is 4.39 Å². The van der Waals surface area contributed by atoms with Gasteiger partial charge in [-0.05, 0) is 66.8 Å². The van der Waals surface area contributed by atoms with Gasteiger partial charge in [-0.1, -0.05) is 44.2 Å². The summed E-state index contributed by atoms with van der Waals surface area (Å²) in [5.41, 5.74) is 6.87. The van der Waals surface area contributed by atoms with Gasteiger partial charge in [-0.2, -0.15) is 5.10 Å². The highest BCUT2D eigenvalue weighted by molar-refractivity contribution is 5.88. The highest BCUT2D eigenvalue weighted by atomic mass is 19.1. The van der Waals surface area contributed by atoms with Crippen LogP contribution in [0.3, 0.4) is 0 Å². The summed E-state index contributed by atoms with van der Waals surface area (Å²) in [6.45, 7) is 8.30. The highest BCUT2D eigenvalue weighted by Gasteiger charge is 2.65. The summed E-state index contributed by atoms with van der Waals surface area (Å²) in [7, 11) is 0. The Morgan fingerprint density at radius 3 is 2.76 bits per heavy atom. The molecule has 2 aliphatic rings. The number of aromatic amines is 1. The Bertz CT molecular complexity index is 1380. The van der Waals surface area contributed by atoms with Crippen LogP contribution in [0, 0.1) is 24.6 Å². The Balaban J connectivity index is 1.28. The van der Waals surface area contributed by atoms with E-state index in [0.29, 0.717) is 17.5 Å². The molecule has 4 aromatic rings. The van der Waals surface area contributed by atoms with Crippen molar-refractivity contribution in [3.8, 4) is 11.3 Å². The molecule has 3 atom stereocenters. The van der Waals surface area contributed by atoms with Crippen molar-refractivity contribution in [2.45, 2.75) is 45.4 Å². The molecule has 5 nitrogen and oxygen atoms in total. The number of nitrogens with zero attached hydrogens (tertiary/aromatic N) is 4. The maximum absolute atomic E-state index is 14.7. The van der Waals surface area contributed by atoms with E-state index >= 15 is 0 Å². The summed E-state index contributed by atoms with van der Waals surface area (Å²) in [5.74, 6) is 1.76. The Morgan fingerprint density at radius 1 is 1.15 bits per heavy atom. The number of H-pyrrole nitrogens is 1. The standard InChI is InChI=1S/C28H30FN5/c1-4-18-10-11-19(14-17(18)3)25-26-27(33-32-25)31-24(15-30-26)34-13-12-20-22(16-34)28(20,5-2)21-8-6-7-9-23(21)29/h6-11,14-15,20,22H,4-5,12-13,16H2,1-3H3,(H,31,32,33)/t20-,22+,28-/m1/s1. The molecule has 0 spiro atoms. The second-order valence-corrected chi connectivity index (χ2v) is 9.82. The predicted molar refractivity (Wildman–Crippen MR) is 133 cm³/mol. The van der Waals surface area contributed by atoms with E-state index in [1.807, 2.05) is 18.3 Å². The number of nitrogens with one attached hydrogen (secondary N) is 1. The summed E-state index contributed by atoms with van der Waals surface area (Å²) in [4.78, 5) is 11.9. The molecule has 1 aliphatic carbocycles. The number of benzene rings is 2. The van der Waals surface area contributed by atoms with Crippen LogP contribution >= 0.6 is 0 Å². The lowest BCUT2D eigenvalue weighted by Crippen LogP contribution is -2.32. The summed E-state index contributed by atoms with van der Waals surface area (Å²) < 4.78 is 14.7. The van der Waals surface area contributed by atoms with Gasteiger partial charge >= 0.3 is 0 Å². The van der Waals surface area contributed by atoms with E-state index in [0.717, 1.165) is 60.5 Å². The molecule has 3 heterocycles. The maximum atomic E-state index is 14.7. The van der Waals surface area contributed by atoms with Gasteiger partial charge in [-0.15, -0.1) is 0 Å². The van der Waals surface area contributed by atoms with E-state index in [2.05, 4.69) is 54.1 Å². The molecule has 0 unspecified atom stereocenters. The Labute approximate surface area is 199 Å². The monoisotopic (exact) mass is 455 g/mol. The minimum Gasteiger partial charge on any atom is -0.355 e. The van der Waals surface area contributed by atoms with Crippen molar-refractivity contribution in [2.75, 3.05) is 18.0 Å². The SMILES string of the molecule is CCc1ccc(-c2[nH]nc3nc(N4CC[C@@H]5[C@H](C4)[C@@]5(CC)c4ccccc4F)cnc23)cc1C. The van der Waals surface area contributed by atoms with Crippen molar-refractivity contribution >= 4 is 17.0 Å². The molecule has 1 aliphatic heterocycles. The number of hydrogen-bond acceptors (Lipinski definition) is 4. The van der Waals surface area contributed by atoms with Gasteiger partial charge in [-0.25, -0.2) is 14.4 Å². The molecule has 0 amide bonds. The van der Waals surface area contributed by atoms with Crippen molar-refractivity contribution in [3.05, 3.63) is 71.2 Å². The second kappa shape index (κ2) is 7.90. The second-order valence-electron chi connectivity index (χ2n) is 9.82. The van der Waals surface area contributed by atoms with Crippen molar-refractivity contribution in [1.29, 1.82) is 0 Å². The maximum Gasteiger partial charge on any atom is 0.202 e. The van der Waals surface area contributed by atoms with Crippen LogP contribution in [0.2, 0.25) is 0 Å². The quantitative estimate of drug-likeness (QED) is 0.411. The zero-order chi connectivity index (χ0) is 23.4.